The fourth-order valence-corrected chi connectivity index (χ4v) is 3.30. The number of urea groups is 1. The molecule has 3 N–H and O–H groups in total. The molecule has 0 aliphatic heterocycles. The van der Waals surface area contributed by atoms with Crippen LogP contribution in [-0.4, -0.2) is 28.1 Å². The summed E-state index contributed by atoms with van der Waals surface area (Å²) in [5, 5.41) is 15.1. The van der Waals surface area contributed by atoms with Gasteiger partial charge in [-0.05, 0) is 23.3 Å². The van der Waals surface area contributed by atoms with E-state index in [9.17, 15) is 14.7 Å². The minimum absolute atomic E-state index is 0.0751. The Hall–Kier alpha value is -3.32. The number of benzene rings is 2. The molecule has 0 aliphatic carbocycles. The molecule has 6 nitrogen and oxygen atoms in total. The summed E-state index contributed by atoms with van der Waals surface area (Å²) in [6, 6.07) is 22.3. The van der Waals surface area contributed by atoms with Crippen molar-refractivity contribution in [2.45, 2.75) is 24.3 Å². The monoisotopic (exact) mass is 421 g/mol. The van der Waals surface area contributed by atoms with Crippen molar-refractivity contribution in [3.63, 3.8) is 0 Å². The fourth-order valence-electron chi connectivity index (χ4n) is 3.12. The van der Waals surface area contributed by atoms with Gasteiger partial charge in [0.1, 0.15) is 6.04 Å². The number of hydrogen-bond donors (Lipinski definition) is 4. The summed E-state index contributed by atoms with van der Waals surface area (Å²) in [7, 11) is 0. The van der Waals surface area contributed by atoms with E-state index in [-0.39, 0.29) is 6.42 Å². The lowest BCUT2D eigenvalue weighted by Crippen LogP contribution is -2.48. The highest BCUT2D eigenvalue weighted by Crippen LogP contribution is 2.21. The lowest BCUT2D eigenvalue weighted by molar-refractivity contribution is -0.139. The average molecular weight is 422 g/mol. The molecule has 2 amide bonds. The smallest absolute Gasteiger partial charge is 0.326 e. The largest absolute Gasteiger partial charge is 0.480 e. The lowest BCUT2D eigenvalue weighted by Gasteiger charge is -2.22. The molecule has 0 spiro atoms. The van der Waals surface area contributed by atoms with Crippen molar-refractivity contribution in [3.8, 4) is 0 Å². The van der Waals surface area contributed by atoms with Crippen molar-refractivity contribution in [2.75, 3.05) is 0 Å². The minimum Gasteiger partial charge on any atom is -0.480 e. The van der Waals surface area contributed by atoms with Crippen LogP contribution in [-0.2, 0) is 17.0 Å². The van der Waals surface area contributed by atoms with Crippen molar-refractivity contribution >= 4 is 24.6 Å². The Labute approximate surface area is 180 Å². The number of pyridine rings is 1. The molecule has 0 radical (unpaired) electrons. The van der Waals surface area contributed by atoms with Gasteiger partial charge in [0, 0.05) is 17.9 Å². The molecule has 2 aromatic carbocycles. The zero-order valence-electron chi connectivity index (χ0n) is 16.2. The van der Waals surface area contributed by atoms with Crippen LogP contribution in [0.15, 0.2) is 78.9 Å². The fraction of sp³-hybridized carbons (Fsp3) is 0.174. The standard InChI is InChI=1S/C23H23N3O3S/c27-22(28)20(14-18-12-7-13-19(15-30)24-18)25-23(29)26-21(16-8-3-1-4-9-16)17-10-5-2-6-11-17/h1-13,20-21,30H,14-15H2,(H,27,28)(H2,25,26,29). The molecule has 30 heavy (non-hydrogen) atoms. The van der Waals surface area contributed by atoms with E-state index in [4.69, 9.17) is 0 Å². The van der Waals surface area contributed by atoms with E-state index in [0.29, 0.717) is 11.4 Å². The summed E-state index contributed by atoms with van der Waals surface area (Å²) in [5.41, 5.74) is 3.12. The number of nitrogens with one attached hydrogen (secondary N) is 2. The van der Waals surface area contributed by atoms with Gasteiger partial charge in [0.2, 0.25) is 0 Å². The Morgan fingerprint density at radius 3 is 1.93 bits per heavy atom. The number of aliphatic carboxylic acids is 1. The predicted octanol–water partition coefficient (Wildman–Crippen LogP) is 3.60. The van der Waals surface area contributed by atoms with Crippen LogP contribution in [0.2, 0.25) is 0 Å². The number of hydrogen-bond acceptors (Lipinski definition) is 4. The van der Waals surface area contributed by atoms with Gasteiger partial charge in [0.25, 0.3) is 0 Å². The van der Waals surface area contributed by atoms with E-state index in [1.807, 2.05) is 66.7 Å². The number of thiol groups is 1. The van der Waals surface area contributed by atoms with Crippen LogP contribution in [0.1, 0.15) is 28.6 Å². The van der Waals surface area contributed by atoms with Gasteiger partial charge in [-0.15, -0.1) is 0 Å². The normalized spacial score (nSPS) is 11.7. The predicted molar refractivity (Wildman–Crippen MR) is 118 cm³/mol. The zero-order valence-corrected chi connectivity index (χ0v) is 17.1. The summed E-state index contributed by atoms with van der Waals surface area (Å²) < 4.78 is 0. The lowest BCUT2D eigenvalue weighted by atomic mass is 9.99. The molecule has 0 saturated carbocycles. The van der Waals surface area contributed by atoms with E-state index in [0.717, 1.165) is 16.8 Å². The zero-order chi connectivity index (χ0) is 21.3. The maximum atomic E-state index is 12.7. The first-order valence-electron chi connectivity index (χ1n) is 9.52. The highest BCUT2D eigenvalue weighted by Gasteiger charge is 2.23. The van der Waals surface area contributed by atoms with Gasteiger partial charge in [0.05, 0.1) is 11.7 Å². The third-order valence-corrected chi connectivity index (χ3v) is 4.91. The van der Waals surface area contributed by atoms with Gasteiger partial charge >= 0.3 is 12.0 Å². The van der Waals surface area contributed by atoms with Gasteiger partial charge in [-0.25, -0.2) is 9.59 Å². The molecule has 0 saturated heterocycles. The van der Waals surface area contributed by atoms with Crippen LogP contribution in [0.3, 0.4) is 0 Å². The summed E-state index contributed by atoms with van der Waals surface area (Å²) in [6.07, 6.45) is 0.0751. The molecule has 1 unspecified atom stereocenters. The van der Waals surface area contributed by atoms with E-state index >= 15 is 0 Å². The second kappa shape index (κ2) is 10.5. The van der Waals surface area contributed by atoms with Gasteiger partial charge in [-0.3, -0.25) is 4.98 Å². The summed E-state index contributed by atoms with van der Waals surface area (Å²) in [5.74, 6) is -0.672. The molecule has 0 fully saturated rings. The van der Waals surface area contributed by atoms with Crippen molar-refractivity contribution in [3.05, 3.63) is 101 Å². The first-order chi connectivity index (χ1) is 14.6. The Morgan fingerprint density at radius 2 is 1.40 bits per heavy atom. The number of aromatic nitrogens is 1. The molecule has 0 aliphatic rings. The first kappa shape index (κ1) is 21.4. The second-order valence-corrected chi connectivity index (χ2v) is 7.06. The van der Waals surface area contributed by atoms with E-state index in [1.54, 1.807) is 12.1 Å². The van der Waals surface area contributed by atoms with E-state index in [2.05, 4.69) is 28.2 Å². The summed E-state index contributed by atoms with van der Waals surface area (Å²) in [4.78, 5) is 28.8. The van der Waals surface area contributed by atoms with Gasteiger partial charge in [0.15, 0.2) is 0 Å². The number of carboxylic acids is 1. The van der Waals surface area contributed by atoms with Crippen LogP contribution < -0.4 is 10.6 Å². The van der Waals surface area contributed by atoms with E-state index in [1.165, 1.54) is 0 Å². The maximum Gasteiger partial charge on any atom is 0.326 e. The Morgan fingerprint density at radius 1 is 0.833 bits per heavy atom. The molecule has 7 heteroatoms. The van der Waals surface area contributed by atoms with Crippen molar-refractivity contribution in [1.82, 2.24) is 15.6 Å². The second-order valence-electron chi connectivity index (χ2n) is 6.75. The van der Waals surface area contributed by atoms with Gasteiger partial charge in [-0.1, -0.05) is 66.7 Å². The summed E-state index contributed by atoms with van der Waals surface area (Å²) in [6.45, 7) is 0. The number of amides is 2. The Bertz CT molecular complexity index is 944. The molecule has 1 heterocycles. The number of carbonyl (C=O) groups excluding carboxylic acids is 1. The molecule has 3 aromatic rings. The number of carboxylic acid groups (broad SMARTS) is 1. The Kier molecular flexibility index (Phi) is 7.45. The third-order valence-electron chi connectivity index (χ3n) is 4.58. The van der Waals surface area contributed by atoms with Crippen molar-refractivity contribution in [1.29, 1.82) is 0 Å². The van der Waals surface area contributed by atoms with Crippen LogP contribution >= 0.6 is 12.6 Å². The maximum absolute atomic E-state index is 12.7. The molecule has 3 rings (SSSR count). The molecule has 0 bridgehead atoms. The highest BCUT2D eigenvalue weighted by atomic mass is 32.1. The highest BCUT2D eigenvalue weighted by molar-refractivity contribution is 7.79. The molecular weight excluding hydrogens is 398 g/mol. The quantitative estimate of drug-likeness (QED) is 0.418. The number of carbonyl (C=O) groups is 2. The third kappa shape index (κ3) is 5.84. The minimum atomic E-state index is -1.13. The van der Waals surface area contributed by atoms with Crippen LogP contribution in [0, 0.1) is 0 Å². The van der Waals surface area contributed by atoms with Crippen molar-refractivity contribution < 1.29 is 14.7 Å². The average Bonchev–Trinajstić information content (AvgIpc) is 2.78. The van der Waals surface area contributed by atoms with E-state index < -0.39 is 24.1 Å². The van der Waals surface area contributed by atoms with Crippen LogP contribution in [0.5, 0.6) is 0 Å². The number of rotatable bonds is 8. The van der Waals surface area contributed by atoms with Gasteiger partial charge < -0.3 is 15.7 Å². The topological polar surface area (TPSA) is 91.3 Å². The Balaban J connectivity index is 1.75. The van der Waals surface area contributed by atoms with Crippen LogP contribution in [0.25, 0.3) is 0 Å². The molecular formula is C23H23N3O3S. The first-order valence-corrected chi connectivity index (χ1v) is 10.2. The summed E-state index contributed by atoms with van der Waals surface area (Å²) >= 11 is 4.19. The molecule has 1 atom stereocenters. The number of nitrogens with zero attached hydrogens (tertiary/aromatic N) is 1. The van der Waals surface area contributed by atoms with Gasteiger partial charge in [-0.2, -0.15) is 12.6 Å². The SMILES string of the molecule is O=C(NC(Cc1cccc(CS)n1)C(=O)O)NC(c1ccccc1)c1ccccc1. The van der Waals surface area contributed by atoms with Crippen LogP contribution in [0.4, 0.5) is 4.79 Å². The van der Waals surface area contributed by atoms with Crippen molar-refractivity contribution in [2.24, 2.45) is 0 Å². The molecule has 154 valence electrons. The molecule has 1 aromatic heterocycles.